The van der Waals surface area contributed by atoms with Gasteiger partial charge in [-0.1, -0.05) is 41.9 Å². The zero-order valence-corrected chi connectivity index (χ0v) is 29.9. The maximum atomic E-state index is 12.1. The summed E-state index contributed by atoms with van der Waals surface area (Å²) >= 11 is 10.5. The van der Waals surface area contributed by atoms with Gasteiger partial charge in [0, 0.05) is 46.7 Å². The predicted octanol–water partition coefficient (Wildman–Crippen LogP) is 5.62. The summed E-state index contributed by atoms with van der Waals surface area (Å²) in [5.41, 5.74) is 4.57. The van der Waals surface area contributed by atoms with Crippen molar-refractivity contribution in [3.63, 3.8) is 0 Å². The van der Waals surface area contributed by atoms with Crippen molar-refractivity contribution in [2.24, 2.45) is 0 Å². The topological polar surface area (TPSA) is 138 Å². The fourth-order valence-electron chi connectivity index (χ4n) is 5.99. The molecule has 4 aromatic rings. The van der Waals surface area contributed by atoms with E-state index < -0.39 is 18.6 Å². The number of benzene rings is 3. The summed E-state index contributed by atoms with van der Waals surface area (Å²) in [5.74, 6) is -0.873. The van der Waals surface area contributed by atoms with Crippen LogP contribution in [0.4, 0.5) is 0 Å². The number of amides is 1. The quantitative estimate of drug-likeness (QED) is 0.0954. The van der Waals surface area contributed by atoms with E-state index in [1.54, 1.807) is 19.1 Å². The fourth-order valence-corrected chi connectivity index (χ4v) is 6.82. The number of aromatic nitrogens is 2. The first-order valence-corrected chi connectivity index (χ1v) is 17.8. The molecule has 1 fully saturated rings. The van der Waals surface area contributed by atoms with Crippen LogP contribution < -0.4 is 20.1 Å². The van der Waals surface area contributed by atoms with Gasteiger partial charge in [0.1, 0.15) is 24.1 Å². The highest BCUT2D eigenvalue weighted by Crippen LogP contribution is 2.38. The number of aryl methyl sites for hydroxylation is 1. The molecule has 1 saturated heterocycles. The molecule has 3 aromatic carbocycles. The van der Waals surface area contributed by atoms with Gasteiger partial charge in [-0.25, -0.2) is 0 Å². The van der Waals surface area contributed by atoms with E-state index in [9.17, 15) is 19.8 Å². The van der Waals surface area contributed by atoms with E-state index in [2.05, 4.69) is 60.4 Å². The lowest BCUT2D eigenvalue weighted by Gasteiger charge is -2.18. The van der Waals surface area contributed by atoms with Crippen molar-refractivity contribution in [3.05, 3.63) is 75.4 Å². The maximum Gasteiger partial charge on any atom is 0.323 e. The third-order valence-electron chi connectivity index (χ3n) is 8.60. The number of likely N-dealkylation sites (tertiary alicyclic amines) is 1. The van der Waals surface area contributed by atoms with Crippen LogP contribution in [0.5, 0.6) is 11.5 Å². The van der Waals surface area contributed by atoms with Crippen LogP contribution >= 0.6 is 27.5 Å². The minimum Gasteiger partial charge on any atom is -0.487 e. The number of rotatable bonds is 18. The predicted molar refractivity (Wildman–Crippen MR) is 193 cm³/mol. The van der Waals surface area contributed by atoms with E-state index in [-0.39, 0.29) is 30.7 Å². The van der Waals surface area contributed by atoms with Crippen LogP contribution in [0.15, 0.2) is 59.2 Å². The van der Waals surface area contributed by atoms with Crippen LogP contribution in [0.3, 0.4) is 0 Å². The smallest absolute Gasteiger partial charge is 0.323 e. The molecule has 49 heavy (non-hydrogen) atoms. The average molecular weight is 757 g/mol. The molecule has 0 spiro atoms. The van der Waals surface area contributed by atoms with E-state index >= 15 is 0 Å². The number of nitrogens with one attached hydrogen (secondary N) is 2. The number of unbranched alkanes of at least 4 members (excludes halogenated alkanes) is 1. The molecular weight excluding hydrogens is 714 g/mol. The third kappa shape index (κ3) is 9.52. The molecule has 1 atom stereocenters. The Labute approximate surface area is 299 Å². The Morgan fingerprint density at radius 1 is 1.02 bits per heavy atom. The maximum absolute atomic E-state index is 12.1. The highest BCUT2D eigenvalue weighted by Gasteiger charge is 2.19. The number of carbonyl (C=O) groups excluding carboxylic acids is 1. The number of hydrogen-bond donors (Lipinski definition) is 4. The minimum absolute atomic E-state index is 0.0244. The molecule has 0 bridgehead atoms. The van der Waals surface area contributed by atoms with Gasteiger partial charge in [-0.05, 0) is 91.4 Å². The third-order valence-corrected chi connectivity index (χ3v) is 9.83. The second-order valence-corrected chi connectivity index (χ2v) is 13.2. The summed E-state index contributed by atoms with van der Waals surface area (Å²) in [6.45, 7) is 6.09. The van der Waals surface area contributed by atoms with Crippen molar-refractivity contribution >= 4 is 50.3 Å². The van der Waals surface area contributed by atoms with Crippen molar-refractivity contribution in [2.75, 3.05) is 39.4 Å². The van der Waals surface area contributed by atoms with Gasteiger partial charge < -0.3 is 29.9 Å². The highest BCUT2D eigenvalue weighted by atomic mass is 79.9. The van der Waals surface area contributed by atoms with Gasteiger partial charge >= 0.3 is 5.97 Å². The molecule has 13 heteroatoms. The Bertz CT molecular complexity index is 1740. The van der Waals surface area contributed by atoms with Gasteiger partial charge in [-0.3, -0.25) is 19.6 Å². The molecule has 0 saturated carbocycles. The molecule has 1 unspecified atom stereocenters. The molecule has 4 N–H and O–H groups in total. The Morgan fingerprint density at radius 2 is 1.78 bits per heavy atom. The average Bonchev–Trinajstić information content (AvgIpc) is 3.77. The molecule has 0 radical (unpaired) electrons. The number of aliphatic carboxylic acids is 1. The minimum atomic E-state index is -1.19. The SMILES string of the molecule is CCNC(=O)COc1cc(OCc2cccc(-c3cccc4c3cnn4CCCCN3CCCC3)c2Br)c(Cl)cc1CNC(CO)C(=O)O. The monoisotopic (exact) mass is 755 g/mol. The van der Waals surface area contributed by atoms with Crippen molar-refractivity contribution in [3.8, 4) is 22.6 Å². The molecular formula is C36H43BrClN5O6. The summed E-state index contributed by atoms with van der Waals surface area (Å²) in [6.07, 6.45) is 6.82. The van der Waals surface area contributed by atoms with Crippen LogP contribution in [-0.2, 0) is 29.3 Å². The lowest BCUT2D eigenvalue weighted by atomic mass is 10.00. The van der Waals surface area contributed by atoms with Gasteiger partial charge in [0.25, 0.3) is 5.91 Å². The molecule has 262 valence electrons. The Morgan fingerprint density at radius 3 is 2.53 bits per heavy atom. The van der Waals surface area contributed by atoms with Crippen molar-refractivity contribution in [1.82, 2.24) is 25.3 Å². The number of carboxylic acid groups (broad SMARTS) is 1. The summed E-state index contributed by atoms with van der Waals surface area (Å²) < 4.78 is 15.0. The van der Waals surface area contributed by atoms with Gasteiger partial charge in [0.15, 0.2) is 6.61 Å². The van der Waals surface area contributed by atoms with Crippen LogP contribution in [0, 0.1) is 0 Å². The van der Waals surface area contributed by atoms with Crippen molar-refractivity contribution in [2.45, 2.75) is 58.3 Å². The van der Waals surface area contributed by atoms with Gasteiger partial charge in [-0.15, -0.1) is 0 Å². The van der Waals surface area contributed by atoms with E-state index in [0.29, 0.717) is 23.6 Å². The molecule has 11 nitrogen and oxygen atoms in total. The van der Waals surface area contributed by atoms with Gasteiger partial charge in [0.2, 0.25) is 0 Å². The molecule has 1 aliphatic heterocycles. The number of aliphatic hydroxyl groups is 1. The largest absolute Gasteiger partial charge is 0.487 e. The summed E-state index contributed by atoms with van der Waals surface area (Å²) in [4.78, 5) is 26.1. The summed E-state index contributed by atoms with van der Waals surface area (Å²) in [7, 11) is 0. The van der Waals surface area contributed by atoms with Gasteiger partial charge in [-0.2, -0.15) is 5.10 Å². The molecule has 0 aliphatic carbocycles. The number of nitrogens with zero attached hydrogens (tertiary/aromatic N) is 3. The van der Waals surface area contributed by atoms with Gasteiger partial charge in [0.05, 0.1) is 23.3 Å². The zero-order chi connectivity index (χ0) is 34.8. The number of ether oxygens (including phenoxy) is 2. The van der Waals surface area contributed by atoms with E-state index in [1.807, 2.05) is 18.3 Å². The molecule has 1 aromatic heterocycles. The molecule has 2 heterocycles. The number of halogens is 2. The number of aliphatic hydroxyl groups excluding tert-OH is 1. The van der Waals surface area contributed by atoms with Crippen LogP contribution in [-0.4, -0.2) is 82.2 Å². The number of likely N-dealkylation sites (N-methyl/N-ethyl adjacent to an activating group) is 1. The second kappa shape index (κ2) is 17.8. The highest BCUT2D eigenvalue weighted by molar-refractivity contribution is 9.10. The first kappa shape index (κ1) is 36.6. The lowest BCUT2D eigenvalue weighted by Crippen LogP contribution is -2.39. The van der Waals surface area contributed by atoms with E-state index in [1.165, 1.54) is 25.9 Å². The second-order valence-electron chi connectivity index (χ2n) is 12.0. The summed E-state index contributed by atoms with van der Waals surface area (Å²) in [5, 5.41) is 30.3. The summed E-state index contributed by atoms with van der Waals surface area (Å²) in [6, 6.07) is 14.3. The molecule has 1 aliphatic rings. The van der Waals surface area contributed by atoms with Crippen molar-refractivity contribution < 1.29 is 29.3 Å². The Hall–Kier alpha value is -3.68. The zero-order valence-electron chi connectivity index (χ0n) is 27.6. The number of fused-ring (bicyclic) bond motifs is 1. The number of hydrogen-bond acceptors (Lipinski definition) is 8. The van der Waals surface area contributed by atoms with Crippen molar-refractivity contribution in [1.29, 1.82) is 0 Å². The van der Waals surface area contributed by atoms with E-state index in [0.717, 1.165) is 58.0 Å². The lowest BCUT2D eigenvalue weighted by molar-refractivity contribution is -0.140. The Balaban J connectivity index is 1.31. The Kier molecular flexibility index (Phi) is 13.3. The first-order chi connectivity index (χ1) is 23.8. The van der Waals surface area contributed by atoms with Crippen LogP contribution in [0.25, 0.3) is 22.0 Å². The van der Waals surface area contributed by atoms with Crippen LogP contribution in [0.2, 0.25) is 5.02 Å². The standard InChI is InChI=1S/C36H43BrClN5O6/c1-2-39-34(45)23-49-32-18-33(29(38)17-25(32)19-40-30(21-44)36(46)47)48-22-24-9-7-11-27(35(24)37)26-10-8-12-31-28(26)20-41-43(31)16-6-5-15-42-13-3-4-14-42/h7-12,17-18,20,30,40,44H,2-6,13-16,19,21-23H2,1H3,(H,39,45)(H,46,47). The number of carbonyl (C=O) groups is 2. The molecule has 1 amide bonds. The normalized spacial score (nSPS) is 13.9. The fraction of sp³-hybridized carbons (Fsp3) is 0.417. The molecule has 5 rings (SSSR count). The van der Waals surface area contributed by atoms with E-state index in [4.69, 9.17) is 26.2 Å². The first-order valence-electron chi connectivity index (χ1n) is 16.7. The number of carboxylic acids is 1. The van der Waals surface area contributed by atoms with Crippen LogP contribution in [0.1, 0.15) is 43.7 Å².